The van der Waals surface area contributed by atoms with Gasteiger partial charge in [0.1, 0.15) is 0 Å². The van der Waals surface area contributed by atoms with E-state index in [1.165, 1.54) is 45.3 Å². The summed E-state index contributed by atoms with van der Waals surface area (Å²) in [5.74, 6) is 1.77. The lowest BCUT2D eigenvalue weighted by Crippen LogP contribution is -2.45. The molecule has 2 heteroatoms. The topological polar surface area (TPSA) is 15.3 Å². The number of likely N-dealkylation sites (N-methyl/N-ethyl adjacent to an activating group) is 2. The number of rotatable bonds is 8. The summed E-state index contributed by atoms with van der Waals surface area (Å²) in [5, 5.41) is 3.49. The van der Waals surface area contributed by atoms with Crippen molar-refractivity contribution < 1.29 is 0 Å². The van der Waals surface area contributed by atoms with Gasteiger partial charge in [-0.15, -0.1) is 0 Å². The lowest BCUT2D eigenvalue weighted by Gasteiger charge is -2.35. The van der Waals surface area contributed by atoms with E-state index in [1.54, 1.807) is 0 Å². The first kappa shape index (κ1) is 14.0. The van der Waals surface area contributed by atoms with Crippen molar-refractivity contribution >= 4 is 0 Å². The third kappa shape index (κ3) is 4.06. The molecule has 1 aliphatic rings. The maximum Gasteiger partial charge on any atom is 0.0217 e. The van der Waals surface area contributed by atoms with E-state index in [0.717, 1.165) is 11.8 Å². The Bertz CT molecular complexity index is 178. The van der Waals surface area contributed by atoms with Gasteiger partial charge >= 0.3 is 0 Å². The summed E-state index contributed by atoms with van der Waals surface area (Å²) >= 11 is 0. The van der Waals surface area contributed by atoms with Crippen molar-refractivity contribution in [2.75, 3.05) is 26.7 Å². The van der Waals surface area contributed by atoms with Gasteiger partial charge in [0.05, 0.1) is 0 Å². The van der Waals surface area contributed by atoms with Crippen LogP contribution < -0.4 is 5.32 Å². The van der Waals surface area contributed by atoms with E-state index in [0.29, 0.717) is 6.04 Å². The van der Waals surface area contributed by atoms with Crippen molar-refractivity contribution in [2.24, 2.45) is 11.8 Å². The molecule has 2 atom stereocenters. The molecule has 0 radical (unpaired) electrons. The molecule has 0 spiro atoms. The van der Waals surface area contributed by atoms with Crippen molar-refractivity contribution in [1.29, 1.82) is 0 Å². The van der Waals surface area contributed by atoms with E-state index in [2.05, 4.69) is 38.0 Å². The molecule has 1 N–H and O–H groups in total. The molecule has 16 heavy (non-hydrogen) atoms. The Morgan fingerprint density at radius 1 is 1.31 bits per heavy atom. The number of nitrogens with one attached hydrogen (secondary N) is 1. The third-order valence-corrected chi connectivity index (χ3v) is 4.34. The fraction of sp³-hybridized carbons (Fsp3) is 1.00. The molecule has 1 rings (SSSR count). The summed E-state index contributed by atoms with van der Waals surface area (Å²) in [6.45, 7) is 10.7. The van der Waals surface area contributed by atoms with Crippen LogP contribution in [0.25, 0.3) is 0 Å². The van der Waals surface area contributed by atoms with Crippen LogP contribution in [0, 0.1) is 11.8 Å². The second-order valence-corrected chi connectivity index (χ2v) is 5.43. The maximum absolute atomic E-state index is 3.49. The molecule has 0 amide bonds. The smallest absolute Gasteiger partial charge is 0.0217 e. The van der Waals surface area contributed by atoms with Gasteiger partial charge in [-0.05, 0) is 38.3 Å². The largest absolute Gasteiger partial charge is 0.315 e. The SMILES string of the molecule is CCC(C)C(CN(CC)CC1CCC1)NC. The molecule has 0 aromatic rings. The monoisotopic (exact) mass is 226 g/mol. The first-order chi connectivity index (χ1) is 7.71. The van der Waals surface area contributed by atoms with Gasteiger partial charge in [0.2, 0.25) is 0 Å². The molecular formula is C14H30N2. The molecule has 2 unspecified atom stereocenters. The third-order valence-electron chi connectivity index (χ3n) is 4.34. The Morgan fingerprint density at radius 2 is 2.00 bits per heavy atom. The summed E-state index contributed by atoms with van der Waals surface area (Å²) in [7, 11) is 2.11. The van der Waals surface area contributed by atoms with E-state index in [1.807, 2.05) is 0 Å². The Balaban J connectivity index is 2.33. The first-order valence-electron chi connectivity index (χ1n) is 7.10. The Labute approximate surface area is 102 Å². The minimum Gasteiger partial charge on any atom is -0.315 e. The van der Waals surface area contributed by atoms with E-state index >= 15 is 0 Å². The van der Waals surface area contributed by atoms with E-state index in [9.17, 15) is 0 Å². The van der Waals surface area contributed by atoms with Crippen LogP contribution in [-0.2, 0) is 0 Å². The molecule has 0 bridgehead atoms. The van der Waals surface area contributed by atoms with Crippen LogP contribution in [0.1, 0.15) is 46.5 Å². The van der Waals surface area contributed by atoms with Crippen molar-refractivity contribution in [1.82, 2.24) is 10.2 Å². The second-order valence-electron chi connectivity index (χ2n) is 5.43. The molecule has 0 aliphatic heterocycles. The van der Waals surface area contributed by atoms with Crippen LogP contribution in [0.4, 0.5) is 0 Å². The minimum atomic E-state index is 0.657. The van der Waals surface area contributed by atoms with Crippen LogP contribution in [0.5, 0.6) is 0 Å². The number of hydrogen-bond acceptors (Lipinski definition) is 2. The van der Waals surface area contributed by atoms with Gasteiger partial charge in [-0.2, -0.15) is 0 Å². The highest BCUT2D eigenvalue weighted by Crippen LogP contribution is 2.27. The molecule has 0 saturated heterocycles. The quantitative estimate of drug-likeness (QED) is 0.684. The van der Waals surface area contributed by atoms with Crippen molar-refractivity contribution in [3.63, 3.8) is 0 Å². The molecule has 1 fully saturated rings. The van der Waals surface area contributed by atoms with Crippen LogP contribution in [0.3, 0.4) is 0 Å². The van der Waals surface area contributed by atoms with Crippen molar-refractivity contribution in [3.05, 3.63) is 0 Å². The molecule has 96 valence electrons. The van der Waals surface area contributed by atoms with Crippen LogP contribution >= 0.6 is 0 Å². The highest BCUT2D eigenvalue weighted by molar-refractivity contribution is 4.79. The zero-order valence-electron chi connectivity index (χ0n) is 11.6. The highest BCUT2D eigenvalue weighted by atomic mass is 15.1. The standard InChI is InChI=1S/C14H30N2/c1-5-12(3)14(15-4)11-16(6-2)10-13-8-7-9-13/h12-15H,5-11H2,1-4H3. The maximum atomic E-state index is 3.49. The first-order valence-corrected chi connectivity index (χ1v) is 7.10. The Morgan fingerprint density at radius 3 is 2.38 bits per heavy atom. The molecule has 2 nitrogen and oxygen atoms in total. The van der Waals surface area contributed by atoms with Crippen molar-refractivity contribution in [3.8, 4) is 0 Å². The van der Waals surface area contributed by atoms with Gasteiger partial charge in [0.25, 0.3) is 0 Å². The van der Waals surface area contributed by atoms with E-state index < -0.39 is 0 Å². The van der Waals surface area contributed by atoms with Gasteiger partial charge in [0, 0.05) is 19.1 Å². The zero-order valence-corrected chi connectivity index (χ0v) is 11.6. The molecule has 1 aliphatic carbocycles. The lowest BCUT2D eigenvalue weighted by atomic mass is 9.85. The van der Waals surface area contributed by atoms with Gasteiger partial charge < -0.3 is 10.2 Å². The predicted molar refractivity (Wildman–Crippen MR) is 71.8 cm³/mol. The average Bonchev–Trinajstić information content (AvgIpc) is 2.26. The van der Waals surface area contributed by atoms with Crippen LogP contribution in [0.2, 0.25) is 0 Å². The van der Waals surface area contributed by atoms with Crippen LogP contribution in [0.15, 0.2) is 0 Å². The lowest BCUT2D eigenvalue weighted by molar-refractivity contribution is 0.159. The average molecular weight is 226 g/mol. The highest BCUT2D eigenvalue weighted by Gasteiger charge is 2.22. The second kappa shape index (κ2) is 7.29. The molecule has 0 aromatic carbocycles. The fourth-order valence-electron chi connectivity index (χ4n) is 2.49. The summed E-state index contributed by atoms with van der Waals surface area (Å²) < 4.78 is 0. The molecular weight excluding hydrogens is 196 g/mol. The van der Waals surface area contributed by atoms with Gasteiger partial charge in [-0.25, -0.2) is 0 Å². The number of nitrogens with zero attached hydrogens (tertiary/aromatic N) is 1. The normalized spacial score (nSPS) is 20.8. The van der Waals surface area contributed by atoms with Crippen molar-refractivity contribution in [2.45, 2.75) is 52.5 Å². The van der Waals surface area contributed by atoms with E-state index in [4.69, 9.17) is 0 Å². The van der Waals surface area contributed by atoms with Crippen LogP contribution in [-0.4, -0.2) is 37.6 Å². The van der Waals surface area contributed by atoms with Gasteiger partial charge in [-0.1, -0.05) is 33.6 Å². The van der Waals surface area contributed by atoms with Gasteiger partial charge in [-0.3, -0.25) is 0 Å². The molecule has 1 saturated carbocycles. The molecule has 0 aromatic heterocycles. The van der Waals surface area contributed by atoms with Gasteiger partial charge in [0.15, 0.2) is 0 Å². The summed E-state index contributed by atoms with van der Waals surface area (Å²) in [5.41, 5.74) is 0. The summed E-state index contributed by atoms with van der Waals surface area (Å²) in [6.07, 6.45) is 5.66. The predicted octanol–water partition coefficient (Wildman–Crippen LogP) is 2.74. The summed E-state index contributed by atoms with van der Waals surface area (Å²) in [6, 6.07) is 0.657. The Hall–Kier alpha value is -0.0800. The summed E-state index contributed by atoms with van der Waals surface area (Å²) in [4.78, 5) is 2.64. The Kier molecular flexibility index (Phi) is 6.37. The fourth-order valence-corrected chi connectivity index (χ4v) is 2.49. The minimum absolute atomic E-state index is 0.657. The van der Waals surface area contributed by atoms with E-state index in [-0.39, 0.29) is 0 Å². The zero-order chi connectivity index (χ0) is 12.0. The number of hydrogen-bond donors (Lipinski definition) is 1. The molecule has 0 heterocycles.